The van der Waals surface area contributed by atoms with Gasteiger partial charge >= 0.3 is 0 Å². The van der Waals surface area contributed by atoms with E-state index >= 15 is 0 Å². The Morgan fingerprint density at radius 1 is 1.28 bits per heavy atom. The minimum atomic E-state index is -0.0335. The number of hydrogen-bond acceptors (Lipinski definition) is 3. The lowest BCUT2D eigenvalue weighted by atomic mass is 10.2. The highest BCUT2D eigenvalue weighted by Crippen LogP contribution is 2.24. The summed E-state index contributed by atoms with van der Waals surface area (Å²) in [4.78, 5) is 14.7. The van der Waals surface area contributed by atoms with Crippen molar-refractivity contribution in [3.05, 3.63) is 46.2 Å². The lowest BCUT2D eigenvalue weighted by Crippen LogP contribution is -2.30. The number of anilines is 2. The van der Waals surface area contributed by atoms with Gasteiger partial charge in [0.05, 0.1) is 5.69 Å². The van der Waals surface area contributed by atoms with Gasteiger partial charge in [0.2, 0.25) is 0 Å². The molecule has 3 nitrogen and oxygen atoms in total. The second kappa shape index (κ2) is 5.23. The SMILES string of the molecule is CCN(C(=O)c1sccc1N)c1ccc(C)cc1. The number of amides is 1. The van der Waals surface area contributed by atoms with Gasteiger partial charge in [-0.05, 0) is 37.4 Å². The zero-order chi connectivity index (χ0) is 13.1. The second-order valence-corrected chi connectivity index (χ2v) is 5.01. The van der Waals surface area contributed by atoms with Gasteiger partial charge in [-0.1, -0.05) is 17.7 Å². The molecule has 0 aliphatic heterocycles. The van der Waals surface area contributed by atoms with Crippen LogP contribution in [0.25, 0.3) is 0 Å². The minimum absolute atomic E-state index is 0.0335. The number of rotatable bonds is 3. The van der Waals surface area contributed by atoms with E-state index in [1.54, 1.807) is 11.0 Å². The average Bonchev–Trinajstić information content (AvgIpc) is 2.78. The third kappa shape index (κ3) is 2.38. The summed E-state index contributed by atoms with van der Waals surface area (Å²) in [6, 6.07) is 9.69. The summed E-state index contributed by atoms with van der Waals surface area (Å²) in [6.45, 7) is 4.61. The zero-order valence-electron chi connectivity index (χ0n) is 10.5. The molecule has 0 saturated carbocycles. The van der Waals surface area contributed by atoms with E-state index in [2.05, 4.69) is 0 Å². The molecule has 94 valence electrons. The van der Waals surface area contributed by atoms with Crippen molar-refractivity contribution in [2.75, 3.05) is 17.2 Å². The van der Waals surface area contributed by atoms with Crippen molar-refractivity contribution in [1.82, 2.24) is 0 Å². The van der Waals surface area contributed by atoms with Crippen LogP contribution in [0.2, 0.25) is 0 Å². The van der Waals surface area contributed by atoms with Gasteiger partial charge in [-0.2, -0.15) is 0 Å². The fourth-order valence-electron chi connectivity index (χ4n) is 1.78. The van der Waals surface area contributed by atoms with Crippen LogP contribution in [0.4, 0.5) is 11.4 Å². The third-order valence-electron chi connectivity index (χ3n) is 2.80. The van der Waals surface area contributed by atoms with E-state index in [1.165, 1.54) is 16.9 Å². The maximum atomic E-state index is 12.4. The van der Waals surface area contributed by atoms with Crippen molar-refractivity contribution in [3.63, 3.8) is 0 Å². The molecular weight excluding hydrogens is 244 g/mol. The minimum Gasteiger partial charge on any atom is -0.397 e. The molecule has 2 aromatic rings. The van der Waals surface area contributed by atoms with E-state index in [1.807, 2.05) is 43.5 Å². The number of nitrogens with zero attached hydrogens (tertiary/aromatic N) is 1. The summed E-state index contributed by atoms with van der Waals surface area (Å²) in [5.74, 6) is -0.0335. The van der Waals surface area contributed by atoms with Crippen molar-refractivity contribution in [1.29, 1.82) is 0 Å². The first-order chi connectivity index (χ1) is 8.63. The quantitative estimate of drug-likeness (QED) is 0.920. The summed E-state index contributed by atoms with van der Waals surface area (Å²) < 4.78 is 0. The van der Waals surface area contributed by atoms with Crippen molar-refractivity contribution in [3.8, 4) is 0 Å². The molecule has 2 N–H and O–H groups in total. The van der Waals surface area contributed by atoms with E-state index in [9.17, 15) is 4.79 Å². The van der Waals surface area contributed by atoms with E-state index < -0.39 is 0 Å². The normalized spacial score (nSPS) is 10.3. The summed E-state index contributed by atoms with van der Waals surface area (Å²) in [6.07, 6.45) is 0. The number of nitrogens with two attached hydrogens (primary N) is 1. The molecule has 1 aromatic heterocycles. The first-order valence-electron chi connectivity index (χ1n) is 5.85. The van der Waals surface area contributed by atoms with Gasteiger partial charge in [0.15, 0.2) is 0 Å². The van der Waals surface area contributed by atoms with Gasteiger partial charge in [0.1, 0.15) is 4.88 Å². The van der Waals surface area contributed by atoms with Crippen LogP contribution in [-0.4, -0.2) is 12.5 Å². The molecule has 1 aromatic carbocycles. The van der Waals surface area contributed by atoms with E-state index in [-0.39, 0.29) is 5.91 Å². The van der Waals surface area contributed by atoms with Crippen LogP contribution >= 0.6 is 11.3 Å². The van der Waals surface area contributed by atoms with Crippen molar-refractivity contribution in [2.24, 2.45) is 0 Å². The van der Waals surface area contributed by atoms with E-state index in [4.69, 9.17) is 5.73 Å². The standard InChI is InChI=1S/C14H16N2OS/c1-3-16(11-6-4-10(2)5-7-11)14(17)13-12(15)8-9-18-13/h4-9H,3,15H2,1-2H3. The number of aryl methyl sites for hydroxylation is 1. The largest absolute Gasteiger partial charge is 0.397 e. The number of carbonyl (C=O) groups is 1. The van der Waals surface area contributed by atoms with Crippen LogP contribution in [0.1, 0.15) is 22.2 Å². The molecule has 2 rings (SSSR count). The smallest absolute Gasteiger partial charge is 0.270 e. The van der Waals surface area contributed by atoms with Gasteiger partial charge < -0.3 is 10.6 Å². The first kappa shape index (κ1) is 12.6. The Kier molecular flexibility index (Phi) is 3.67. The molecule has 4 heteroatoms. The Labute approximate surface area is 111 Å². The molecule has 0 radical (unpaired) electrons. The Morgan fingerprint density at radius 3 is 2.44 bits per heavy atom. The van der Waals surface area contributed by atoms with Crippen LogP contribution in [-0.2, 0) is 0 Å². The molecule has 1 amide bonds. The predicted octanol–water partition coefficient (Wildman–Crippen LogP) is 3.31. The molecule has 0 aliphatic rings. The van der Waals surface area contributed by atoms with Crippen LogP contribution < -0.4 is 10.6 Å². The fourth-order valence-corrected chi connectivity index (χ4v) is 2.55. The summed E-state index contributed by atoms with van der Waals surface area (Å²) >= 11 is 1.38. The highest BCUT2D eigenvalue weighted by molar-refractivity contribution is 7.12. The van der Waals surface area contributed by atoms with Gasteiger partial charge in [0.25, 0.3) is 5.91 Å². The molecule has 1 heterocycles. The summed E-state index contributed by atoms with van der Waals surface area (Å²) in [5.41, 5.74) is 8.43. The van der Waals surface area contributed by atoms with Crippen LogP contribution in [0.3, 0.4) is 0 Å². The molecule has 0 atom stereocenters. The highest BCUT2D eigenvalue weighted by atomic mass is 32.1. The van der Waals surface area contributed by atoms with Crippen LogP contribution in [0.15, 0.2) is 35.7 Å². The van der Waals surface area contributed by atoms with Gasteiger partial charge in [0, 0.05) is 12.2 Å². The van der Waals surface area contributed by atoms with Crippen LogP contribution in [0, 0.1) is 6.92 Å². The lowest BCUT2D eigenvalue weighted by molar-refractivity contribution is 0.0993. The van der Waals surface area contributed by atoms with Crippen molar-refractivity contribution in [2.45, 2.75) is 13.8 Å². The molecule has 0 spiro atoms. The third-order valence-corrected chi connectivity index (χ3v) is 3.72. The maximum absolute atomic E-state index is 12.4. The Hall–Kier alpha value is -1.81. The van der Waals surface area contributed by atoms with Crippen molar-refractivity contribution >= 4 is 28.6 Å². The molecule has 0 aliphatic carbocycles. The first-order valence-corrected chi connectivity index (χ1v) is 6.73. The second-order valence-electron chi connectivity index (χ2n) is 4.09. The predicted molar refractivity (Wildman–Crippen MR) is 77.3 cm³/mol. The number of nitrogen functional groups attached to an aromatic ring is 1. The highest BCUT2D eigenvalue weighted by Gasteiger charge is 2.19. The monoisotopic (exact) mass is 260 g/mol. The zero-order valence-corrected chi connectivity index (χ0v) is 11.3. The summed E-state index contributed by atoms with van der Waals surface area (Å²) in [7, 11) is 0. The Morgan fingerprint density at radius 2 is 1.94 bits per heavy atom. The van der Waals surface area contributed by atoms with Crippen molar-refractivity contribution < 1.29 is 4.79 Å². The van der Waals surface area contributed by atoms with Gasteiger partial charge in [-0.25, -0.2) is 0 Å². The number of carbonyl (C=O) groups excluding carboxylic acids is 1. The topological polar surface area (TPSA) is 46.3 Å². The van der Waals surface area contributed by atoms with E-state index in [0.29, 0.717) is 17.1 Å². The fraction of sp³-hybridized carbons (Fsp3) is 0.214. The molecule has 18 heavy (non-hydrogen) atoms. The Bertz CT molecular complexity index is 545. The molecule has 0 bridgehead atoms. The lowest BCUT2D eigenvalue weighted by Gasteiger charge is -2.20. The number of hydrogen-bond donors (Lipinski definition) is 1. The molecule has 0 saturated heterocycles. The molecule has 0 unspecified atom stereocenters. The summed E-state index contributed by atoms with van der Waals surface area (Å²) in [5, 5.41) is 1.84. The van der Waals surface area contributed by atoms with Gasteiger partial charge in [-0.15, -0.1) is 11.3 Å². The molecular formula is C14H16N2OS. The van der Waals surface area contributed by atoms with Gasteiger partial charge in [-0.3, -0.25) is 4.79 Å². The Balaban J connectivity index is 2.32. The number of thiophene rings is 1. The maximum Gasteiger partial charge on any atom is 0.270 e. The van der Waals surface area contributed by atoms with Crippen LogP contribution in [0.5, 0.6) is 0 Å². The average molecular weight is 260 g/mol. The molecule has 0 fully saturated rings. The van der Waals surface area contributed by atoms with E-state index in [0.717, 1.165) is 5.69 Å². The number of benzene rings is 1.